The molecule has 1 aromatic carbocycles. The van der Waals surface area contributed by atoms with Gasteiger partial charge < -0.3 is 5.11 Å². The summed E-state index contributed by atoms with van der Waals surface area (Å²) in [5.74, 6) is 0. The summed E-state index contributed by atoms with van der Waals surface area (Å²) in [6.07, 6.45) is 2.42. The molecule has 0 aliphatic rings. The van der Waals surface area contributed by atoms with E-state index < -0.39 is 5.60 Å². The standard InChI is InChI=1S/C13H16N2O/c1-13(16,12-8-9-15(2)14-12)10-11-6-4-3-5-7-11/h3-9,16H,10H2,1-2H3. The lowest BCUT2D eigenvalue weighted by Gasteiger charge is -2.21. The van der Waals surface area contributed by atoms with Gasteiger partial charge in [-0.2, -0.15) is 5.10 Å². The molecule has 0 saturated carbocycles. The molecular weight excluding hydrogens is 200 g/mol. The van der Waals surface area contributed by atoms with E-state index >= 15 is 0 Å². The highest BCUT2D eigenvalue weighted by Gasteiger charge is 2.25. The molecule has 3 nitrogen and oxygen atoms in total. The Morgan fingerprint density at radius 1 is 1.25 bits per heavy atom. The summed E-state index contributed by atoms with van der Waals surface area (Å²) in [6, 6.07) is 11.8. The number of benzene rings is 1. The maximum Gasteiger partial charge on any atom is 0.110 e. The molecule has 1 atom stereocenters. The second kappa shape index (κ2) is 4.10. The highest BCUT2D eigenvalue weighted by Crippen LogP contribution is 2.23. The van der Waals surface area contributed by atoms with Gasteiger partial charge in [-0.1, -0.05) is 30.3 Å². The average molecular weight is 216 g/mol. The fraction of sp³-hybridized carbons (Fsp3) is 0.308. The molecule has 1 aromatic heterocycles. The van der Waals surface area contributed by atoms with E-state index in [9.17, 15) is 5.11 Å². The zero-order valence-electron chi connectivity index (χ0n) is 9.59. The average Bonchev–Trinajstić information content (AvgIpc) is 2.66. The van der Waals surface area contributed by atoms with Crippen molar-refractivity contribution in [2.75, 3.05) is 0 Å². The number of aliphatic hydroxyl groups is 1. The monoisotopic (exact) mass is 216 g/mol. The molecule has 0 aliphatic heterocycles. The minimum Gasteiger partial charge on any atom is -0.383 e. The van der Waals surface area contributed by atoms with E-state index in [1.165, 1.54) is 0 Å². The van der Waals surface area contributed by atoms with Gasteiger partial charge in [0.25, 0.3) is 0 Å². The van der Waals surface area contributed by atoms with Gasteiger partial charge >= 0.3 is 0 Å². The largest absolute Gasteiger partial charge is 0.383 e. The lowest BCUT2D eigenvalue weighted by Crippen LogP contribution is -2.25. The van der Waals surface area contributed by atoms with Crippen molar-refractivity contribution >= 4 is 0 Å². The third-order valence-electron chi connectivity index (χ3n) is 2.66. The first-order valence-corrected chi connectivity index (χ1v) is 5.34. The van der Waals surface area contributed by atoms with Gasteiger partial charge in [0.05, 0.1) is 5.69 Å². The summed E-state index contributed by atoms with van der Waals surface area (Å²) in [7, 11) is 1.85. The van der Waals surface area contributed by atoms with Crippen LogP contribution in [-0.4, -0.2) is 14.9 Å². The van der Waals surface area contributed by atoms with Crippen LogP contribution in [0.1, 0.15) is 18.2 Å². The van der Waals surface area contributed by atoms with E-state index in [4.69, 9.17) is 0 Å². The van der Waals surface area contributed by atoms with Crippen LogP contribution in [0.5, 0.6) is 0 Å². The summed E-state index contributed by atoms with van der Waals surface area (Å²) in [6.45, 7) is 1.79. The Bertz CT molecular complexity index is 460. The summed E-state index contributed by atoms with van der Waals surface area (Å²) < 4.78 is 1.70. The van der Waals surface area contributed by atoms with Crippen molar-refractivity contribution in [3.05, 3.63) is 53.9 Å². The molecular formula is C13H16N2O. The van der Waals surface area contributed by atoms with Crippen LogP contribution in [0.25, 0.3) is 0 Å². The zero-order chi connectivity index (χ0) is 11.6. The van der Waals surface area contributed by atoms with E-state index in [1.807, 2.05) is 49.6 Å². The molecule has 1 unspecified atom stereocenters. The van der Waals surface area contributed by atoms with Crippen LogP contribution in [-0.2, 0) is 19.1 Å². The lowest BCUT2D eigenvalue weighted by atomic mass is 9.93. The molecule has 0 saturated heterocycles. The van der Waals surface area contributed by atoms with Crippen LogP contribution in [0.15, 0.2) is 42.6 Å². The predicted octanol–water partition coefficient (Wildman–Crippen LogP) is 1.87. The fourth-order valence-electron chi connectivity index (χ4n) is 1.79. The van der Waals surface area contributed by atoms with Crippen molar-refractivity contribution < 1.29 is 5.11 Å². The summed E-state index contributed by atoms with van der Waals surface area (Å²) in [5, 5.41) is 14.6. The van der Waals surface area contributed by atoms with Crippen LogP contribution >= 0.6 is 0 Å². The van der Waals surface area contributed by atoms with E-state index in [2.05, 4.69) is 5.10 Å². The third-order valence-corrected chi connectivity index (χ3v) is 2.66. The van der Waals surface area contributed by atoms with Crippen molar-refractivity contribution in [2.45, 2.75) is 18.9 Å². The molecule has 1 heterocycles. The second-order valence-electron chi connectivity index (χ2n) is 4.31. The maximum atomic E-state index is 10.4. The highest BCUT2D eigenvalue weighted by atomic mass is 16.3. The van der Waals surface area contributed by atoms with Crippen LogP contribution in [0.4, 0.5) is 0 Å². The smallest absolute Gasteiger partial charge is 0.110 e. The minimum atomic E-state index is -0.914. The lowest BCUT2D eigenvalue weighted by molar-refractivity contribution is 0.0524. The molecule has 2 rings (SSSR count). The van der Waals surface area contributed by atoms with Crippen molar-refractivity contribution in [2.24, 2.45) is 7.05 Å². The van der Waals surface area contributed by atoms with Gasteiger partial charge in [0.1, 0.15) is 5.60 Å². The molecule has 0 radical (unpaired) electrons. The van der Waals surface area contributed by atoms with Gasteiger partial charge in [0, 0.05) is 19.7 Å². The van der Waals surface area contributed by atoms with Gasteiger partial charge in [-0.15, -0.1) is 0 Å². The molecule has 0 spiro atoms. The molecule has 0 fully saturated rings. The Kier molecular flexibility index (Phi) is 2.79. The van der Waals surface area contributed by atoms with Crippen LogP contribution in [0, 0.1) is 0 Å². The summed E-state index contributed by atoms with van der Waals surface area (Å²) in [4.78, 5) is 0. The first kappa shape index (κ1) is 10.9. The molecule has 0 aliphatic carbocycles. The zero-order valence-corrected chi connectivity index (χ0v) is 9.59. The molecule has 2 aromatic rings. The van der Waals surface area contributed by atoms with Gasteiger partial charge in [0.15, 0.2) is 0 Å². The van der Waals surface area contributed by atoms with Gasteiger partial charge in [-0.05, 0) is 18.6 Å². The Balaban J connectivity index is 2.20. The Hall–Kier alpha value is -1.61. The normalized spacial score (nSPS) is 14.7. The van der Waals surface area contributed by atoms with Crippen LogP contribution < -0.4 is 0 Å². The Morgan fingerprint density at radius 2 is 1.94 bits per heavy atom. The molecule has 0 bridgehead atoms. The molecule has 84 valence electrons. The van der Waals surface area contributed by atoms with Crippen molar-refractivity contribution in [3.8, 4) is 0 Å². The van der Waals surface area contributed by atoms with Gasteiger partial charge in [-0.25, -0.2) is 0 Å². The predicted molar refractivity (Wildman–Crippen MR) is 62.9 cm³/mol. The highest BCUT2D eigenvalue weighted by molar-refractivity contribution is 5.20. The molecule has 0 amide bonds. The Labute approximate surface area is 95.3 Å². The number of nitrogens with zero attached hydrogens (tertiary/aromatic N) is 2. The molecule has 16 heavy (non-hydrogen) atoms. The summed E-state index contributed by atoms with van der Waals surface area (Å²) in [5.41, 5.74) is 0.903. The second-order valence-corrected chi connectivity index (χ2v) is 4.31. The van der Waals surface area contributed by atoms with E-state index in [1.54, 1.807) is 11.6 Å². The minimum absolute atomic E-state index is 0.574. The number of hydrogen-bond donors (Lipinski definition) is 1. The van der Waals surface area contributed by atoms with E-state index in [-0.39, 0.29) is 0 Å². The van der Waals surface area contributed by atoms with Crippen molar-refractivity contribution in [3.63, 3.8) is 0 Å². The number of aromatic nitrogens is 2. The van der Waals surface area contributed by atoms with Gasteiger partial charge in [0.2, 0.25) is 0 Å². The van der Waals surface area contributed by atoms with Crippen molar-refractivity contribution in [1.82, 2.24) is 9.78 Å². The van der Waals surface area contributed by atoms with Gasteiger partial charge in [-0.3, -0.25) is 4.68 Å². The summed E-state index contributed by atoms with van der Waals surface area (Å²) >= 11 is 0. The molecule has 3 heteroatoms. The topological polar surface area (TPSA) is 38.0 Å². The fourth-order valence-corrected chi connectivity index (χ4v) is 1.79. The van der Waals surface area contributed by atoms with E-state index in [0.717, 1.165) is 5.56 Å². The van der Waals surface area contributed by atoms with Crippen LogP contribution in [0.2, 0.25) is 0 Å². The Morgan fingerprint density at radius 3 is 2.50 bits per heavy atom. The van der Waals surface area contributed by atoms with E-state index in [0.29, 0.717) is 12.1 Å². The maximum absolute atomic E-state index is 10.4. The van der Waals surface area contributed by atoms with Crippen molar-refractivity contribution in [1.29, 1.82) is 0 Å². The van der Waals surface area contributed by atoms with Crippen LogP contribution in [0.3, 0.4) is 0 Å². The quantitative estimate of drug-likeness (QED) is 0.850. The first-order chi connectivity index (χ1) is 7.58. The number of hydrogen-bond acceptors (Lipinski definition) is 2. The first-order valence-electron chi connectivity index (χ1n) is 5.34. The third kappa shape index (κ3) is 2.31. The SMILES string of the molecule is Cn1ccc(C(C)(O)Cc2ccccc2)n1. The molecule has 1 N–H and O–H groups in total. The number of aryl methyl sites for hydroxylation is 1. The number of rotatable bonds is 3.